The fourth-order valence-electron chi connectivity index (χ4n) is 1.37. The van der Waals surface area contributed by atoms with Crippen molar-refractivity contribution < 1.29 is 0 Å². The van der Waals surface area contributed by atoms with Gasteiger partial charge in [0, 0.05) is 0 Å². The van der Waals surface area contributed by atoms with Gasteiger partial charge >= 0.3 is 0 Å². The highest BCUT2D eigenvalue weighted by Crippen LogP contribution is 2.25. The van der Waals surface area contributed by atoms with E-state index < -0.39 is 3.79 Å². The van der Waals surface area contributed by atoms with Gasteiger partial charge in [-0.25, -0.2) is 0 Å². The van der Waals surface area contributed by atoms with E-state index in [1.807, 2.05) is 0 Å². The number of halogens is 3. The highest BCUT2D eigenvalue weighted by molar-refractivity contribution is 7.39. The average Bonchev–Trinajstić information content (AvgIpc) is 2.14. The third-order valence-electron chi connectivity index (χ3n) is 2.19. The summed E-state index contributed by atoms with van der Waals surface area (Å²) in [6.45, 7) is 2.24. The SMILES string of the molecule is CCCCCCCCC[PH+]=CC(Cl)(Cl)Cl. The van der Waals surface area contributed by atoms with Gasteiger partial charge in [-0.05, 0) is 12.8 Å². The molecule has 0 amide bonds. The van der Waals surface area contributed by atoms with E-state index in [1.165, 1.54) is 51.1 Å². The standard InChI is InChI=1S/C11H20Cl3P/c1-2-3-4-5-6-7-8-9-15-10-11(12,13)14/h10H,2-9H2,1H3/p+1. The topological polar surface area (TPSA) is 0 Å². The molecule has 0 aliphatic heterocycles. The maximum atomic E-state index is 5.61. The van der Waals surface area contributed by atoms with Gasteiger partial charge in [0.05, 0.1) is 8.20 Å². The second-order valence-electron chi connectivity index (χ2n) is 3.76. The predicted molar refractivity (Wildman–Crippen MR) is 77.5 cm³/mol. The Morgan fingerprint density at radius 1 is 0.933 bits per heavy atom. The molecule has 0 radical (unpaired) electrons. The van der Waals surface area contributed by atoms with Crippen LogP contribution in [0.5, 0.6) is 0 Å². The average molecular weight is 291 g/mol. The second kappa shape index (κ2) is 10.2. The molecule has 4 heteroatoms. The van der Waals surface area contributed by atoms with Crippen LogP contribution in [0.25, 0.3) is 0 Å². The van der Waals surface area contributed by atoms with Crippen molar-refractivity contribution in [2.24, 2.45) is 0 Å². The lowest BCUT2D eigenvalue weighted by Gasteiger charge is -1.98. The summed E-state index contributed by atoms with van der Waals surface area (Å²) in [5, 5.41) is 0. The lowest BCUT2D eigenvalue weighted by Crippen LogP contribution is -2.00. The Bertz CT molecular complexity index is 164. The Kier molecular flexibility index (Phi) is 10.9. The van der Waals surface area contributed by atoms with Gasteiger partial charge in [-0.3, -0.25) is 0 Å². The molecule has 0 spiro atoms. The van der Waals surface area contributed by atoms with Crippen LogP contribution in [0.4, 0.5) is 0 Å². The Labute approximate surface area is 110 Å². The number of alkyl halides is 3. The van der Waals surface area contributed by atoms with Crippen LogP contribution in [0.1, 0.15) is 51.9 Å². The monoisotopic (exact) mass is 289 g/mol. The zero-order valence-electron chi connectivity index (χ0n) is 9.37. The minimum Gasteiger partial charge on any atom is -0.0750 e. The molecular weight excluding hydrogens is 269 g/mol. The van der Waals surface area contributed by atoms with E-state index in [-0.39, 0.29) is 0 Å². The van der Waals surface area contributed by atoms with Crippen LogP contribution < -0.4 is 0 Å². The zero-order chi connectivity index (χ0) is 11.6. The van der Waals surface area contributed by atoms with Crippen molar-refractivity contribution in [3.05, 3.63) is 0 Å². The minimum atomic E-state index is -1.15. The molecule has 0 N–H and O–H groups in total. The first-order valence-corrected chi connectivity index (χ1v) is 8.12. The molecule has 1 unspecified atom stereocenters. The first-order chi connectivity index (χ1) is 7.06. The molecular formula is C11H21Cl3P+. The summed E-state index contributed by atoms with van der Waals surface area (Å²) >= 11 is 16.8. The summed E-state index contributed by atoms with van der Waals surface area (Å²) in [7, 11) is 0.675. The largest absolute Gasteiger partial charge is 0.247 e. The molecule has 0 nitrogen and oxygen atoms in total. The molecule has 0 aliphatic rings. The fraction of sp³-hybridized carbons (Fsp3) is 0.909. The first kappa shape index (κ1) is 16.0. The van der Waals surface area contributed by atoms with Gasteiger partial charge in [-0.2, -0.15) is 0 Å². The van der Waals surface area contributed by atoms with Crippen molar-refractivity contribution in [2.45, 2.75) is 55.7 Å². The summed E-state index contributed by atoms with van der Waals surface area (Å²) < 4.78 is -1.15. The van der Waals surface area contributed by atoms with Gasteiger partial charge in [-0.1, -0.05) is 73.8 Å². The van der Waals surface area contributed by atoms with E-state index in [2.05, 4.69) is 6.92 Å². The maximum absolute atomic E-state index is 5.61. The van der Waals surface area contributed by atoms with Crippen LogP contribution in [-0.4, -0.2) is 15.8 Å². The van der Waals surface area contributed by atoms with E-state index in [9.17, 15) is 0 Å². The molecule has 0 aromatic heterocycles. The minimum absolute atomic E-state index is 0.675. The first-order valence-electron chi connectivity index (χ1n) is 5.70. The van der Waals surface area contributed by atoms with Gasteiger partial charge < -0.3 is 0 Å². The van der Waals surface area contributed by atoms with Gasteiger partial charge in [0.2, 0.25) is 3.79 Å². The highest BCUT2D eigenvalue weighted by atomic mass is 35.6. The van der Waals surface area contributed by atoms with Crippen molar-refractivity contribution in [1.29, 1.82) is 0 Å². The van der Waals surface area contributed by atoms with Gasteiger partial charge in [0.15, 0.2) is 0 Å². The molecule has 0 bridgehead atoms. The molecule has 0 aromatic rings. The Balaban J connectivity index is 3.15. The Morgan fingerprint density at radius 3 is 2.00 bits per heavy atom. The third-order valence-corrected chi connectivity index (χ3v) is 4.35. The summed E-state index contributed by atoms with van der Waals surface area (Å²) in [5.74, 6) is 1.79. The molecule has 0 saturated carbocycles. The van der Waals surface area contributed by atoms with Crippen LogP contribution in [0.3, 0.4) is 0 Å². The predicted octanol–water partition coefficient (Wildman–Crippen LogP) is 5.59. The van der Waals surface area contributed by atoms with Crippen LogP contribution in [-0.2, 0) is 0 Å². The molecule has 0 fully saturated rings. The normalized spacial score (nSPS) is 12.5. The van der Waals surface area contributed by atoms with Gasteiger partial charge in [0.25, 0.3) is 0 Å². The van der Waals surface area contributed by atoms with E-state index in [1.54, 1.807) is 5.80 Å². The van der Waals surface area contributed by atoms with E-state index in [4.69, 9.17) is 34.8 Å². The molecule has 0 aromatic carbocycles. The summed E-state index contributed by atoms with van der Waals surface area (Å²) in [5.41, 5.74) is 0. The number of unbranched alkanes of at least 4 members (excludes halogenated alkanes) is 6. The highest BCUT2D eigenvalue weighted by Gasteiger charge is 2.18. The van der Waals surface area contributed by atoms with Crippen LogP contribution in [0.2, 0.25) is 0 Å². The number of hydrogen-bond donors (Lipinski definition) is 0. The zero-order valence-corrected chi connectivity index (χ0v) is 12.6. The smallest absolute Gasteiger partial charge is 0.0750 e. The maximum Gasteiger partial charge on any atom is 0.247 e. The van der Waals surface area contributed by atoms with E-state index in [0.717, 1.165) is 0 Å². The van der Waals surface area contributed by atoms with Crippen molar-refractivity contribution in [2.75, 3.05) is 6.16 Å². The molecule has 0 saturated heterocycles. The van der Waals surface area contributed by atoms with Crippen molar-refractivity contribution in [3.8, 4) is 0 Å². The van der Waals surface area contributed by atoms with Gasteiger partial charge in [-0.15, -0.1) is 0 Å². The third kappa shape index (κ3) is 15.0. The van der Waals surface area contributed by atoms with E-state index >= 15 is 0 Å². The van der Waals surface area contributed by atoms with Crippen molar-refractivity contribution in [3.63, 3.8) is 0 Å². The molecule has 1 atom stereocenters. The lowest BCUT2D eigenvalue weighted by molar-refractivity contribution is 0.603. The van der Waals surface area contributed by atoms with Gasteiger partial charge in [0.1, 0.15) is 12.0 Å². The molecule has 0 aliphatic carbocycles. The second-order valence-corrected chi connectivity index (χ2v) is 7.33. The summed E-state index contributed by atoms with van der Waals surface area (Å²) in [6.07, 6.45) is 10.6. The Morgan fingerprint density at radius 2 is 1.47 bits per heavy atom. The van der Waals surface area contributed by atoms with Crippen LogP contribution in [0, 0.1) is 0 Å². The molecule has 90 valence electrons. The van der Waals surface area contributed by atoms with Crippen LogP contribution in [0.15, 0.2) is 0 Å². The quantitative estimate of drug-likeness (QED) is 0.311. The van der Waals surface area contributed by atoms with Crippen molar-refractivity contribution >= 4 is 48.8 Å². The number of rotatable bonds is 8. The Hall–Kier alpha value is 1.04. The lowest BCUT2D eigenvalue weighted by atomic mass is 10.1. The summed E-state index contributed by atoms with van der Waals surface area (Å²) in [6, 6.07) is 0. The van der Waals surface area contributed by atoms with Crippen LogP contribution >= 0.6 is 43.0 Å². The molecule has 0 heterocycles. The fourth-order valence-corrected chi connectivity index (χ4v) is 2.90. The number of hydrogen-bond acceptors (Lipinski definition) is 0. The summed E-state index contributed by atoms with van der Waals surface area (Å²) in [4.78, 5) is 0. The molecule has 0 rings (SSSR count). The van der Waals surface area contributed by atoms with Crippen molar-refractivity contribution in [1.82, 2.24) is 0 Å². The molecule has 15 heavy (non-hydrogen) atoms. The van der Waals surface area contributed by atoms with E-state index in [0.29, 0.717) is 8.20 Å².